The van der Waals surface area contributed by atoms with Crippen LogP contribution in [-0.2, 0) is 21.4 Å². The van der Waals surface area contributed by atoms with E-state index < -0.39 is 10.0 Å². The lowest BCUT2D eigenvalue weighted by Crippen LogP contribution is -2.26. The minimum Gasteiger partial charge on any atom is -0.326 e. The zero-order chi connectivity index (χ0) is 22.4. The molecular formula is C23H23N3O4S. The van der Waals surface area contributed by atoms with Crippen molar-refractivity contribution in [2.24, 2.45) is 0 Å². The Bertz CT molecular complexity index is 1160. The van der Waals surface area contributed by atoms with Crippen molar-refractivity contribution in [3.63, 3.8) is 0 Å². The molecule has 0 aliphatic carbocycles. The van der Waals surface area contributed by atoms with Crippen molar-refractivity contribution in [2.75, 3.05) is 17.7 Å². The van der Waals surface area contributed by atoms with Crippen LogP contribution in [0.5, 0.6) is 0 Å². The number of hydrogen-bond acceptors (Lipinski definition) is 4. The van der Waals surface area contributed by atoms with E-state index in [9.17, 15) is 18.0 Å². The second kappa shape index (κ2) is 9.55. The Morgan fingerprint density at radius 2 is 1.35 bits per heavy atom. The molecule has 0 fully saturated rings. The number of nitrogens with zero attached hydrogens (tertiary/aromatic N) is 1. The Balaban J connectivity index is 1.66. The van der Waals surface area contributed by atoms with Crippen LogP contribution in [0.25, 0.3) is 0 Å². The molecule has 0 aliphatic rings. The van der Waals surface area contributed by atoms with Crippen molar-refractivity contribution in [1.29, 1.82) is 0 Å². The monoisotopic (exact) mass is 437 g/mol. The highest BCUT2D eigenvalue weighted by Crippen LogP contribution is 2.20. The van der Waals surface area contributed by atoms with Crippen LogP contribution >= 0.6 is 0 Å². The van der Waals surface area contributed by atoms with E-state index in [2.05, 4.69) is 10.6 Å². The van der Waals surface area contributed by atoms with Crippen molar-refractivity contribution >= 4 is 33.2 Å². The number of carbonyl (C=O) groups is 2. The molecule has 160 valence electrons. The lowest BCUT2D eigenvalue weighted by atomic mass is 10.2. The van der Waals surface area contributed by atoms with E-state index in [1.165, 1.54) is 30.4 Å². The van der Waals surface area contributed by atoms with E-state index in [1.807, 2.05) is 30.3 Å². The molecule has 0 bridgehead atoms. The highest BCUT2D eigenvalue weighted by molar-refractivity contribution is 7.89. The van der Waals surface area contributed by atoms with Crippen LogP contribution in [0.1, 0.15) is 22.8 Å². The average molecular weight is 438 g/mol. The van der Waals surface area contributed by atoms with Gasteiger partial charge in [0, 0.05) is 37.5 Å². The minimum atomic E-state index is -3.66. The van der Waals surface area contributed by atoms with Crippen molar-refractivity contribution in [1.82, 2.24) is 4.31 Å². The number of benzene rings is 3. The molecule has 0 saturated heterocycles. The van der Waals surface area contributed by atoms with Crippen LogP contribution in [0.2, 0.25) is 0 Å². The molecule has 0 aliphatic heterocycles. The molecule has 0 radical (unpaired) electrons. The van der Waals surface area contributed by atoms with Gasteiger partial charge in [-0.25, -0.2) is 8.42 Å². The van der Waals surface area contributed by atoms with Gasteiger partial charge in [0.15, 0.2) is 0 Å². The summed E-state index contributed by atoms with van der Waals surface area (Å²) in [5.74, 6) is -0.534. The maximum atomic E-state index is 12.8. The Labute approximate surface area is 181 Å². The summed E-state index contributed by atoms with van der Waals surface area (Å²) in [5, 5.41) is 5.37. The molecule has 0 heterocycles. The third kappa shape index (κ3) is 5.78. The van der Waals surface area contributed by atoms with E-state index in [-0.39, 0.29) is 23.3 Å². The number of carbonyl (C=O) groups excluding carboxylic acids is 2. The average Bonchev–Trinajstić information content (AvgIpc) is 2.75. The summed E-state index contributed by atoms with van der Waals surface area (Å²) in [7, 11) is -2.13. The maximum Gasteiger partial charge on any atom is 0.255 e. The Morgan fingerprint density at radius 3 is 1.94 bits per heavy atom. The van der Waals surface area contributed by atoms with Crippen molar-refractivity contribution in [2.45, 2.75) is 18.4 Å². The van der Waals surface area contributed by atoms with Crippen molar-refractivity contribution in [3.05, 3.63) is 90.0 Å². The SMILES string of the molecule is CC(=O)Nc1ccc(C(=O)Nc2ccc(S(=O)(=O)N(C)Cc3ccccc3)cc2)cc1. The Morgan fingerprint density at radius 1 is 0.806 bits per heavy atom. The number of hydrogen-bond donors (Lipinski definition) is 2. The Hall–Kier alpha value is -3.49. The molecule has 3 aromatic carbocycles. The van der Waals surface area contributed by atoms with Gasteiger partial charge >= 0.3 is 0 Å². The number of anilines is 2. The van der Waals surface area contributed by atoms with Crippen LogP contribution in [0, 0.1) is 0 Å². The second-order valence-electron chi connectivity index (χ2n) is 6.98. The van der Waals surface area contributed by atoms with E-state index in [0.29, 0.717) is 16.9 Å². The van der Waals surface area contributed by atoms with Gasteiger partial charge in [0.05, 0.1) is 4.90 Å². The molecule has 3 aromatic rings. The summed E-state index contributed by atoms with van der Waals surface area (Å²) in [6.07, 6.45) is 0. The number of amides is 2. The van der Waals surface area contributed by atoms with Gasteiger partial charge in [-0.2, -0.15) is 4.31 Å². The van der Waals surface area contributed by atoms with Crippen LogP contribution in [0.4, 0.5) is 11.4 Å². The highest BCUT2D eigenvalue weighted by Gasteiger charge is 2.21. The topological polar surface area (TPSA) is 95.6 Å². The fraction of sp³-hybridized carbons (Fsp3) is 0.130. The van der Waals surface area contributed by atoms with Gasteiger partial charge in [-0.15, -0.1) is 0 Å². The zero-order valence-electron chi connectivity index (χ0n) is 17.2. The van der Waals surface area contributed by atoms with Gasteiger partial charge < -0.3 is 10.6 Å². The Kier molecular flexibility index (Phi) is 6.84. The van der Waals surface area contributed by atoms with Gasteiger partial charge in [0.1, 0.15) is 0 Å². The lowest BCUT2D eigenvalue weighted by molar-refractivity contribution is -0.114. The molecule has 0 aromatic heterocycles. The summed E-state index contributed by atoms with van der Waals surface area (Å²) in [6.45, 7) is 1.67. The van der Waals surface area contributed by atoms with Gasteiger partial charge in [-0.1, -0.05) is 30.3 Å². The van der Waals surface area contributed by atoms with Gasteiger partial charge in [0.2, 0.25) is 15.9 Å². The molecule has 0 spiro atoms. The summed E-state index contributed by atoms with van der Waals surface area (Å²) in [4.78, 5) is 23.6. The molecule has 2 N–H and O–H groups in total. The lowest BCUT2D eigenvalue weighted by Gasteiger charge is -2.17. The quantitative estimate of drug-likeness (QED) is 0.589. The zero-order valence-corrected chi connectivity index (χ0v) is 18.0. The summed E-state index contributed by atoms with van der Waals surface area (Å²) in [5.41, 5.74) is 2.37. The second-order valence-corrected chi connectivity index (χ2v) is 9.03. The fourth-order valence-electron chi connectivity index (χ4n) is 2.93. The van der Waals surface area contributed by atoms with E-state index in [4.69, 9.17) is 0 Å². The van der Waals surface area contributed by atoms with E-state index in [1.54, 1.807) is 36.4 Å². The molecule has 0 saturated carbocycles. The largest absolute Gasteiger partial charge is 0.326 e. The number of rotatable bonds is 7. The van der Waals surface area contributed by atoms with Gasteiger partial charge in [0.25, 0.3) is 5.91 Å². The third-order valence-corrected chi connectivity index (χ3v) is 6.35. The first kappa shape index (κ1) is 22.2. The number of nitrogens with one attached hydrogen (secondary N) is 2. The summed E-state index contributed by atoms with van der Waals surface area (Å²) in [6, 6.07) is 21.8. The molecule has 0 unspecified atom stereocenters. The van der Waals surface area contributed by atoms with Crippen LogP contribution < -0.4 is 10.6 Å². The van der Waals surface area contributed by atoms with Crippen LogP contribution in [0.3, 0.4) is 0 Å². The standard InChI is InChI=1S/C23H23N3O4S/c1-17(27)24-20-10-8-19(9-11-20)23(28)25-21-12-14-22(15-13-21)31(29,30)26(2)16-18-6-4-3-5-7-18/h3-15H,16H2,1-2H3,(H,24,27)(H,25,28). The molecule has 7 nitrogen and oxygen atoms in total. The van der Waals surface area contributed by atoms with Crippen molar-refractivity contribution in [3.8, 4) is 0 Å². The number of sulfonamides is 1. The molecule has 31 heavy (non-hydrogen) atoms. The fourth-order valence-corrected chi connectivity index (χ4v) is 4.09. The third-order valence-electron chi connectivity index (χ3n) is 4.54. The first-order chi connectivity index (χ1) is 14.8. The molecule has 3 rings (SSSR count). The highest BCUT2D eigenvalue weighted by atomic mass is 32.2. The predicted octanol–water partition coefficient (Wildman–Crippen LogP) is 3.72. The van der Waals surface area contributed by atoms with E-state index >= 15 is 0 Å². The minimum absolute atomic E-state index is 0.142. The van der Waals surface area contributed by atoms with Crippen LogP contribution in [-0.4, -0.2) is 31.6 Å². The summed E-state index contributed by atoms with van der Waals surface area (Å²) < 4.78 is 26.9. The van der Waals surface area contributed by atoms with Gasteiger partial charge in [-0.05, 0) is 54.1 Å². The predicted molar refractivity (Wildman–Crippen MR) is 120 cm³/mol. The molecule has 8 heteroatoms. The van der Waals surface area contributed by atoms with Crippen molar-refractivity contribution < 1.29 is 18.0 Å². The summed E-state index contributed by atoms with van der Waals surface area (Å²) >= 11 is 0. The molecule has 0 atom stereocenters. The maximum absolute atomic E-state index is 12.8. The normalized spacial score (nSPS) is 11.2. The van der Waals surface area contributed by atoms with E-state index in [0.717, 1.165) is 5.56 Å². The first-order valence-electron chi connectivity index (χ1n) is 9.55. The van der Waals surface area contributed by atoms with Gasteiger partial charge in [-0.3, -0.25) is 9.59 Å². The molecule has 2 amide bonds. The smallest absolute Gasteiger partial charge is 0.255 e. The van der Waals surface area contributed by atoms with Crippen LogP contribution in [0.15, 0.2) is 83.8 Å². The molecular weight excluding hydrogens is 414 g/mol. The first-order valence-corrected chi connectivity index (χ1v) is 11.0.